The van der Waals surface area contributed by atoms with E-state index in [0.717, 1.165) is 10.0 Å². The van der Waals surface area contributed by atoms with Crippen molar-refractivity contribution in [2.24, 2.45) is 0 Å². The van der Waals surface area contributed by atoms with E-state index in [9.17, 15) is 9.90 Å². The second-order valence-electron chi connectivity index (χ2n) is 3.36. The fourth-order valence-electron chi connectivity index (χ4n) is 1.29. The molecule has 84 valence electrons. The third kappa shape index (κ3) is 2.72. The second-order valence-corrected chi connectivity index (χ2v) is 5.85. The van der Waals surface area contributed by atoms with Crippen molar-refractivity contribution in [3.05, 3.63) is 11.1 Å². The molecule has 0 fully saturated rings. The topological polar surface area (TPSA) is 50.2 Å². The molecule has 0 aliphatic heterocycles. The number of rotatable bonds is 5. The van der Waals surface area contributed by atoms with Crippen molar-refractivity contribution in [2.75, 3.05) is 0 Å². The van der Waals surface area contributed by atoms with E-state index in [1.54, 1.807) is 0 Å². The molecule has 1 rings (SSSR count). The Morgan fingerprint density at radius 1 is 1.60 bits per heavy atom. The van der Waals surface area contributed by atoms with Crippen molar-refractivity contribution in [1.82, 2.24) is 4.98 Å². The van der Waals surface area contributed by atoms with Gasteiger partial charge in [-0.3, -0.25) is 4.79 Å². The Kier molecular flexibility index (Phi) is 4.16. The molecular weight excluding hydrogens is 230 g/mol. The van der Waals surface area contributed by atoms with E-state index in [1.807, 2.05) is 26.2 Å². The Bertz CT molecular complexity index is 345. The quantitative estimate of drug-likeness (QED) is 0.809. The Balaban J connectivity index is 2.88. The zero-order valence-electron chi connectivity index (χ0n) is 9.11. The maximum Gasteiger partial charge on any atom is 0.320 e. The van der Waals surface area contributed by atoms with Crippen LogP contribution in [0.2, 0.25) is 0 Å². The third-order valence-corrected chi connectivity index (χ3v) is 5.11. The van der Waals surface area contributed by atoms with Crippen molar-refractivity contribution in [3.63, 3.8) is 0 Å². The number of hydrogen-bond acceptors (Lipinski definition) is 4. The van der Waals surface area contributed by atoms with Crippen molar-refractivity contribution in [1.29, 1.82) is 0 Å². The minimum absolute atomic E-state index is 0.613. The highest BCUT2D eigenvalue weighted by Crippen LogP contribution is 2.39. The van der Waals surface area contributed by atoms with E-state index in [2.05, 4.69) is 4.98 Å². The number of thiazole rings is 1. The van der Waals surface area contributed by atoms with Gasteiger partial charge in [0.2, 0.25) is 0 Å². The molecule has 1 aromatic rings. The van der Waals surface area contributed by atoms with E-state index in [4.69, 9.17) is 0 Å². The van der Waals surface area contributed by atoms with Gasteiger partial charge in [0.1, 0.15) is 4.75 Å². The molecule has 3 nitrogen and oxygen atoms in total. The molecule has 0 atom stereocenters. The summed E-state index contributed by atoms with van der Waals surface area (Å²) in [6.45, 7) is 5.73. The first-order valence-corrected chi connectivity index (χ1v) is 6.58. The lowest BCUT2D eigenvalue weighted by Crippen LogP contribution is -2.33. The summed E-state index contributed by atoms with van der Waals surface area (Å²) >= 11 is 2.89. The van der Waals surface area contributed by atoms with Gasteiger partial charge in [-0.2, -0.15) is 0 Å². The normalized spacial score (nSPS) is 11.7. The zero-order chi connectivity index (χ0) is 11.5. The van der Waals surface area contributed by atoms with Crippen LogP contribution in [0.25, 0.3) is 0 Å². The van der Waals surface area contributed by atoms with Crippen LogP contribution in [0, 0.1) is 6.92 Å². The smallest absolute Gasteiger partial charge is 0.320 e. The molecule has 5 heteroatoms. The highest BCUT2D eigenvalue weighted by atomic mass is 32.2. The summed E-state index contributed by atoms with van der Waals surface area (Å²) < 4.78 is 0.128. The van der Waals surface area contributed by atoms with Crippen molar-refractivity contribution >= 4 is 29.1 Å². The molecule has 0 aromatic carbocycles. The van der Waals surface area contributed by atoms with Gasteiger partial charge in [0.15, 0.2) is 4.34 Å². The van der Waals surface area contributed by atoms with E-state index in [-0.39, 0.29) is 0 Å². The fourth-order valence-corrected chi connectivity index (χ4v) is 3.52. The van der Waals surface area contributed by atoms with Crippen LogP contribution in [0.4, 0.5) is 0 Å². The molecule has 0 radical (unpaired) electrons. The van der Waals surface area contributed by atoms with E-state index in [0.29, 0.717) is 12.8 Å². The monoisotopic (exact) mass is 245 g/mol. The van der Waals surface area contributed by atoms with Crippen LogP contribution < -0.4 is 0 Å². The standard InChI is InChI=1S/C10H15NO2S2/c1-4-10(5-2,8(12)13)15-9-11-7(3)6-14-9/h6H,4-5H2,1-3H3,(H,12,13). The van der Waals surface area contributed by atoms with Crippen LogP contribution in [0.1, 0.15) is 32.4 Å². The van der Waals surface area contributed by atoms with Gasteiger partial charge in [-0.15, -0.1) is 11.3 Å². The highest BCUT2D eigenvalue weighted by molar-refractivity contribution is 8.03. The SMILES string of the molecule is CCC(CC)(Sc1nc(C)cs1)C(=O)O. The largest absolute Gasteiger partial charge is 0.480 e. The number of carboxylic acids is 1. The molecule has 1 aromatic heterocycles. The number of carboxylic acid groups (broad SMARTS) is 1. The predicted octanol–water partition coefficient (Wildman–Crippen LogP) is 3.19. The predicted molar refractivity (Wildman–Crippen MR) is 63.7 cm³/mol. The first-order chi connectivity index (χ1) is 7.04. The van der Waals surface area contributed by atoms with Crippen LogP contribution >= 0.6 is 23.1 Å². The summed E-state index contributed by atoms with van der Waals surface area (Å²) in [4.78, 5) is 15.5. The lowest BCUT2D eigenvalue weighted by molar-refractivity contribution is -0.140. The lowest BCUT2D eigenvalue weighted by Gasteiger charge is -2.24. The second kappa shape index (κ2) is 4.99. The molecular formula is C10H15NO2S2. The molecule has 0 saturated carbocycles. The molecule has 0 amide bonds. The molecule has 0 unspecified atom stereocenters. The Morgan fingerprint density at radius 2 is 2.20 bits per heavy atom. The van der Waals surface area contributed by atoms with E-state index >= 15 is 0 Å². The van der Waals surface area contributed by atoms with Gasteiger partial charge in [0.05, 0.1) is 0 Å². The van der Waals surface area contributed by atoms with E-state index in [1.165, 1.54) is 23.1 Å². The van der Waals surface area contributed by atoms with Gasteiger partial charge in [-0.25, -0.2) is 4.98 Å². The number of aryl methyl sites for hydroxylation is 1. The van der Waals surface area contributed by atoms with Gasteiger partial charge in [-0.1, -0.05) is 25.6 Å². The minimum Gasteiger partial charge on any atom is -0.480 e. The number of aromatic nitrogens is 1. The Morgan fingerprint density at radius 3 is 2.53 bits per heavy atom. The molecule has 1 heterocycles. The van der Waals surface area contributed by atoms with Crippen LogP contribution in [0.5, 0.6) is 0 Å². The van der Waals surface area contributed by atoms with Gasteiger partial charge < -0.3 is 5.11 Å². The Labute approximate surface area is 97.9 Å². The molecule has 1 N–H and O–H groups in total. The number of hydrogen-bond donors (Lipinski definition) is 1. The van der Waals surface area contributed by atoms with Crippen molar-refractivity contribution in [3.8, 4) is 0 Å². The van der Waals surface area contributed by atoms with Gasteiger partial charge in [0, 0.05) is 11.1 Å². The first-order valence-electron chi connectivity index (χ1n) is 4.88. The average molecular weight is 245 g/mol. The summed E-state index contributed by atoms with van der Waals surface area (Å²) in [5, 5.41) is 11.2. The van der Waals surface area contributed by atoms with Crippen molar-refractivity contribution in [2.45, 2.75) is 42.7 Å². The highest BCUT2D eigenvalue weighted by Gasteiger charge is 2.37. The third-order valence-electron chi connectivity index (χ3n) is 2.41. The molecule has 0 bridgehead atoms. The molecule has 0 aliphatic rings. The van der Waals surface area contributed by atoms with Gasteiger partial charge in [0.25, 0.3) is 0 Å². The average Bonchev–Trinajstić information content (AvgIpc) is 2.60. The number of nitrogens with zero attached hydrogens (tertiary/aromatic N) is 1. The zero-order valence-corrected chi connectivity index (χ0v) is 10.7. The van der Waals surface area contributed by atoms with Crippen molar-refractivity contribution < 1.29 is 9.90 Å². The molecule has 0 saturated heterocycles. The lowest BCUT2D eigenvalue weighted by atomic mass is 10.0. The summed E-state index contributed by atoms with van der Waals surface area (Å²) in [7, 11) is 0. The summed E-state index contributed by atoms with van der Waals surface area (Å²) in [6.07, 6.45) is 1.23. The Hall–Kier alpha value is -0.550. The molecule has 15 heavy (non-hydrogen) atoms. The maximum atomic E-state index is 11.3. The number of thioether (sulfide) groups is 1. The molecule has 0 spiro atoms. The number of carbonyl (C=O) groups is 1. The van der Waals surface area contributed by atoms with Crippen LogP contribution in [-0.2, 0) is 4.79 Å². The van der Waals surface area contributed by atoms with Gasteiger partial charge in [-0.05, 0) is 19.8 Å². The summed E-state index contributed by atoms with van der Waals surface area (Å²) in [5.41, 5.74) is 0.953. The molecule has 0 aliphatic carbocycles. The van der Waals surface area contributed by atoms with Crippen LogP contribution in [0.15, 0.2) is 9.72 Å². The van der Waals surface area contributed by atoms with Crippen LogP contribution in [-0.4, -0.2) is 20.8 Å². The number of aliphatic carboxylic acids is 1. The first kappa shape index (κ1) is 12.5. The van der Waals surface area contributed by atoms with E-state index < -0.39 is 10.7 Å². The fraction of sp³-hybridized carbons (Fsp3) is 0.600. The van der Waals surface area contributed by atoms with Crippen LogP contribution in [0.3, 0.4) is 0 Å². The minimum atomic E-state index is -0.745. The maximum absolute atomic E-state index is 11.3. The summed E-state index contributed by atoms with van der Waals surface area (Å²) in [6, 6.07) is 0. The van der Waals surface area contributed by atoms with Gasteiger partial charge >= 0.3 is 5.97 Å². The summed E-state index contributed by atoms with van der Waals surface area (Å²) in [5.74, 6) is -0.745.